The van der Waals surface area contributed by atoms with Crippen LogP contribution in [0.15, 0.2) is 0 Å². The second-order valence-corrected chi connectivity index (χ2v) is 7.10. The first-order chi connectivity index (χ1) is 6.14. The van der Waals surface area contributed by atoms with Gasteiger partial charge in [0.05, 0.1) is 18.8 Å². The van der Waals surface area contributed by atoms with Gasteiger partial charge in [-0.3, -0.25) is 0 Å². The molecule has 3 unspecified atom stereocenters. The van der Waals surface area contributed by atoms with Crippen molar-refractivity contribution in [2.45, 2.75) is 38.0 Å². The summed E-state index contributed by atoms with van der Waals surface area (Å²) in [6.07, 6.45) is 0.0855. The first-order valence-electron chi connectivity index (χ1n) is 4.78. The van der Waals surface area contributed by atoms with Gasteiger partial charge in [-0.15, -0.1) is 0 Å². The zero-order valence-electron chi connectivity index (χ0n) is 8.03. The van der Waals surface area contributed by atoms with E-state index in [1.807, 2.05) is 13.8 Å². The van der Waals surface area contributed by atoms with E-state index >= 15 is 0 Å². The highest BCUT2D eigenvalue weighted by Crippen LogP contribution is 2.35. The van der Waals surface area contributed by atoms with Gasteiger partial charge in [-0.1, -0.05) is 13.8 Å². The van der Waals surface area contributed by atoms with Crippen LogP contribution in [0.5, 0.6) is 0 Å². The van der Waals surface area contributed by atoms with E-state index in [0.717, 1.165) is 0 Å². The summed E-state index contributed by atoms with van der Waals surface area (Å²) < 4.78 is 17.0. The summed E-state index contributed by atoms with van der Waals surface area (Å²) in [4.78, 5) is 0. The number of aliphatic hydroxyl groups excluding tert-OH is 1. The second kappa shape index (κ2) is 3.32. The minimum absolute atomic E-state index is 0.156. The molecule has 0 saturated carbocycles. The van der Waals surface area contributed by atoms with Crippen molar-refractivity contribution in [1.29, 1.82) is 0 Å². The Morgan fingerprint density at radius 2 is 2.15 bits per heavy atom. The Hall–Kier alpha value is 0.0569. The van der Waals surface area contributed by atoms with Gasteiger partial charge in [0.1, 0.15) is 0 Å². The predicted octanol–water partition coefficient (Wildman–Crippen LogP) is 0.532. The van der Waals surface area contributed by atoms with Crippen LogP contribution in [-0.4, -0.2) is 39.3 Å². The quantitative estimate of drug-likeness (QED) is 0.633. The summed E-state index contributed by atoms with van der Waals surface area (Å²) in [7, 11) is -2.41. The fourth-order valence-corrected chi connectivity index (χ4v) is 4.32. The molecule has 0 aliphatic carbocycles. The van der Waals surface area contributed by atoms with Gasteiger partial charge >= 0.3 is 8.80 Å². The third-order valence-electron chi connectivity index (χ3n) is 2.62. The van der Waals surface area contributed by atoms with Crippen LogP contribution in [0.25, 0.3) is 0 Å². The van der Waals surface area contributed by atoms with E-state index in [-0.39, 0.29) is 11.6 Å². The predicted molar refractivity (Wildman–Crippen MR) is 48.3 cm³/mol. The fourth-order valence-electron chi connectivity index (χ4n) is 1.72. The molecular weight excluding hydrogens is 188 g/mol. The maximum absolute atomic E-state index is 9.61. The third kappa shape index (κ3) is 1.55. The molecule has 0 spiro atoms. The molecule has 13 heavy (non-hydrogen) atoms. The topological polar surface area (TPSA) is 47.9 Å². The molecule has 2 aliphatic rings. The van der Waals surface area contributed by atoms with Crippen LogP contribution < -0.4 is 0 Å². The van der Waals surface area contributed by atoms with Crippen molar-refractivity contribution >= 4 is 8.80 Å². The average Bonchev–Trinajstić information content (AvgIpc) is 2.41. The minimum Gasteiger partial charge on any atom is -0.390 e. The Labute approximate surface area is 79.2 Å². The van der Waals surface area contributed by atoms with Gasteiger partial charge in [-0.05, 0) is 6.42 Å². The number of hydrogen-bond donors (Lipinski definition) is 1. The number of hydrogen-bond acceptors (Lipinski definition) is 4. The molecule has 2 bridgehead atoms. The van der Waals surface area contributed by atoms with E-state index in [1.165, 1.54) is 0 Å². The van der Waals surface area contributed by atoms with Crippen LogP contribution in [0, 0.1) is 0 Å². The molecule has 76 valence electrons. The van der Waals surface area contributed by atoms with E-state index < -0.39 is 14.9 Å². The molecule has 0 aromatic rings. The van der Waals surface area contributed by atoms with E-state index in [4.69, 9.17) is 13.3 Å². The molecule has 3 atom stereocenters. The van der Waals surface area contributed by atoms with Crippen molar-refractivity contribution in [3.63, 3.8) is 0 Å². The molecule has 2 aliphatic heterocycles. The lowest BCUT2D eigenvalue weighted by Crippen LogP contribution is -2.43. The van der Waals surface area contributed by atoms with Gasteiger partial charge in [-0.25, -0.2) is 0 Å². The number of fused-ring (bicyclic) bond motifs is 2. The van der Waals surface area contributed by atoms with Gasteiger partial charge in [0.2, 0.25) is 0 Å². The van der Waals surface area contributed by atoms with Crippen molar-refractivity contribution in [3.05, 3.63) is 0 Å². The fraction of sp³-hybridized carbons (Fsp3) is 1.00. The third-order valence-corrected chi connectivity index (χ3v) is 5.84. The van der Waals surface area contributed by atoms with Crippen molar-refractivity contribution in [1.82, 2.24) is 0 Å². The van der Waals surface area contributed by atoms with E-state index in [0.29, 0.717) is 19.6 Å². The Balaban J connectivity index is 2.15. The highest BCUT2D eigenvalue weighted by atomic mass is 28.4. The van der Waals surface area contributed by atoms with Gasteiger partial charge in [0.25, 0.3) is 0 Å². The summed E-state index contributed by atoms with van der Waals surface area (Å²) in [6.45, 7) is 5.15. The zero-order valence-corrected chi connectivity index (χ0v) is 9.03. The van der Waals surface area contributed by atoms with E-state index in [2.05, 4.69) is 0 Å². The Kier molecular flexibility index (Phi) is 2.46. The highest BCUT2D eigenvalue weighted by Gasteiger charge is 2.54. The summed E-state index contributed by atoms with van der Waals surface area (Å²) in [6, 6.07) is 0. The van der Waals surface area contributed by atoms with Crippen molar-refractivity contribution in [2.75, 3.05) is 13.2 Å². The van der Waals surface area contributed by atoms with Crippen molar-refractivity contribution in [3.8, 4) is 0 Å². The van der Waals surface area contributed by atoms with E-state index in [9.17, 15) is 5.11 Å². The van der Waals surface area contributed by atoms with Gasteiger partial charge in [0, 0.05) is 12.1 Å². The first kappa shape index (κ1) is 9.61. The Bertz CT molecular complexity index is 199. The first-order valence-corrected chi connectivity index (χ1v) is 6.58. The lowest BCUT2D eigenvalue weighted by atomic mass is 10.1. The minimum atomic E-state index is -2.41. The number of aliphatic hydroxyl groups is 1. The van der Waals surface area contributed by atoms with Crippen LogP contribution in [-0.2, 0) is 13.3 Å². The lowest BCUT2D eigenvalue weighted by molar-refractivity contribution is 0.0456. The Morgan fingerprint density at radius 1 is 1.38 bits per heavy atom. The summed E-state index contributed by atoms with van der Waals surface area (Å²) in [5.74, 6) is 0. The largest absolute Gasteiger partial charge is 0.504 e. The van der Waals surface area contributed by atoms with Crippen LogP contribution in [0.3, 0.4) is 0 Å². The molecule has 2 saturated heterocycles. The molecule has 2 heterocycles. The molecule has 2 rings (SSSR count). The molecule has 5 heteroatoms. The second-order valence-electron chi connectivity index (χ2n) is 3.93. The SMILES string of the molecule is CC(C)[Si]12OCCC(O)C(CO1)O2. The molecule has 2 fully saturated rings. The summed E-state index contributed by atoms with van der Waals surface area (Å²) >= 11 is 0. The average molecular weight is 204 g/mol. The van der Waals surface area contributed by atoms with Crippen molar-refractivity contribution < 1.29 is 18.4 Å². The molecular formula is C8H16O4Si. The molecule has 0 radical (unpaired) electrons. The van der Waals surface area contributed by atoms with Crippen LogP contribution >= 0.6 is 0 Å². The maximum Gasteiger partial charge on any atom is 0.504 e. The molecule has 0 amide bonds. The van der Waals surface area contributed by atoms with Crippen molar-refractivity contribution in [2.24, 2.45) is 0 Å². The molecule has 1 N–H and O–H groups in total. The van der Waals surface area contributed by atoms with Gasteiger partial charge < -0.3 is 18.4 Å². The molecule has 0 aromatic carbocycles. The van der Waals surface area contributed by atoms with E-state index in [1.54, 1.807) is 0 Å². The van der Waals surface area contributed by atoms with Crippen LogP contribution in [0.2, 0.25) is 5.54 Å². The van der Waals surface area contributed by atoms with Gasteiger partial charge in [-0.2, -0.15) is 0 Å². The lowest BCUT2D eigenvalue weighted by Gasteiger charge is -2.25. The smallest absolute Gasteiger partial charge is 0.390 e. The summed E-state index contributed by atoms with van der Waals surface area (Å²) in [5.41, 5.74) is 0.280. The molecule has 4 nitrogen and oxygen atoms in total. The molecule has 0 aromatic heterocycles. The summed E-state index contributed by atoms with van der Waals surface area (Å²) in [5, 5.41) is 9.61. The van der Waals surface area contributed by atoms with Crippen LogP contribution in [0.4, 0.5) is 0 Å². The highest BCUT2D eigenvalue weighted by molar-refractivity contribution is 6.62. The van der Waals surface area contributed by atoms with Crippen LogP contribution in [0.1, 0.15) is 20.3 Å². The zero-order chi connectivity index (χ0) is 9.47. The van der Waals surface area contributed by atoms with Gasteiger partial charge in [0.15, 0.2) is 0 Å². The monoisotopic (exact) mass is 204 g/mol. The normalized spacial score (nSPS) is 45.2. The maximum atomic E-state index is 9.61. The standard InChI is InChI=1S/C8H16O4Si/c1-6(2)13-10-4-3-7(9)8(12-13)5-11-13/h6-9H,3-5H2,1-2H3. The Morgan fingerprint density at radius 3 is 2.85 bits per heavy atom. The number of rotatable bonds is 1.